The molecule has 2 aromatic rings. The lowest BCUT2D eigenvalue weighted by Gasteiger charge is -2.15. The number of anilines is 2. The van der Waals surface area contributed by atoms with E-state index in [1.165, 1.54) is 0 Å². The molecule has 1 N–H and O–H groups in total. The summed E-state index contributed by atoms with van der Waals surface area (Å²) < 4.78 is 5.00. The van der Waals surface area contributed by atoms with E-state index >= 15 is 0 Å². The first-order valence-corrected chi connectivity index (χ1v) is 8.21. The minimum atomic E-state index is -0.309. The summed E-state index contributed by atoms with van der Waals surface area (Å²) in [5.74, 6) is -0.309. The molecule has 23 heavy (non-hydrogen) atoms. The molecule has 0 radical (unpaired) electrons. The van der Waals surface area contributed by atoms with Crippen molar-refractivity contribution in [3.8, 4) is 0 Å². The molecule has 0 bridgehead atoms. The molecule has 0 spiro atoms. The van der Waals surface area contributed by atoms with Crippen molar-refractivity contribution in [2.75, 3.05) is 11.9 Å². The maximum atomic E-state index is 11.8. The molecular weight excluding hydrogens is 357 g/mol. The molecule has 6 heteroatoms. The van der Waals surface area contributed by atoms with E-state index in [2.05, 4.69) is 5.32 Å². The van der Waals surface area contributed by atoms with Crippen LogP contribution in [0.2, 0.25) is 15.1 Å². The summed E-state index contributed by atoms with van der Waals surface area (Å²) in [6.07, 6.45) is 0.126. The fourth-order valence-corrected chi connectivity index (χ4v) is 2.71. The van der Waals surface area contributed by atoms with Crippen LogP contribution in [0.1, 0.15) is 18.1 Å². The van der Waals surface area contributed by atoms with E-state index in [0.29, 0.717) is 27.4 Å². The van der Waals surface area contributed by atoms with Crippen LogP contribution >= 0.6 is 34.8 Å². The molecule has 2 aromatic carbocycles. The van der Waals surface area contributed by atoms with Crippen molar-refractivity contribution in [3.63, 3.8) is 0 Å². The first-order chi connectivity index (χ1) is 10.9. The molecule has 0 aliphatic rings. The molecule has 0 saturated carbocycles. The molecule has 2 rings (SSSR count). The molecule has 122 valence electrons. The SMILES string of the molecule is CCOC(=O)Cc1cc(Cl)ccc1Nc1ccc(Cl)c(C)c1Cl. The molecule has 0 aliphatic heterocycles. The minimum Gasteiger partial charge on any atom is -0.466 e. The van der Waals surface area contributed by atoms with Crippen LogP contribution in [0.25, 0.3) is 0 Å². The zero-order chi connectivity index (χ0) is 17.0. The molecule has 0 amide bonds. The minimum absolute atomic E-state index is 0.126. The lowest BCUT2D eigenvalue weighted by molar-refractivity contribution is -0.142. The third-order valence-electron chi connectivity index (χ3n) is 3.30. The van der Waals surface area contributed by atoms with Gasteiger partial charge >= 0.3 is 5.97 Å². The van der Waals surface area contributed by atoms with Gasteiger partial charge in [0, 0.05) is 15.7 Å². The van der Waals surface area contributed by atoms with Crippen molar-refractivity contribution in [1.29, 1.82) is 0 Å². The number of esters is 1. The maximum absolute atomic E-state index is 11.8. The first kappa shape index (κ1) is 17.9. The highest BCUT2D eigenvalue weighted by atomic mass is 35.5. The molecule has 0 atom stereocenters. The molecule has 0 unspecified atom stereocenters. The zero-order valence-corrected chi connectivity index (χ0v) is 15.0. The Hall–Kier alpha value is -1.42. The maximum Gasteiger partial charge on any atom is 0.310 e. The number of carbonyl (C=O) groups is 1. The van der Waals surface area contributed by atoms with Gasteiger partial charge in [0.25, 0.3) is 0 Å². The Balaban J connectivity index is 2.33. The largest absolute Gasteiger partial charge is 0.466 e. The first-order valence-electron chi connectivity index (χ1n) is 7.08. The van der Waals surface area contributed by atoms with E-state index in [1.54, 1.807) is 37.3 Å². The second-order valence-corrected chi connectivity index (χ2v) is 6.16. The van der Waals surface area contributed by atoms with Crippen LogP contribution in [0.5, 0.6) is 0 Å². The van der Waals surface area contributed by atoms with Crippen LogP contribution < -0.4 is 5.32 Å². The number of hydrogen-bond acceptors (Lipinski definition) is 3. The number of halogens is 3. The number of benzene rings is 2. The van der Waals surface area contributed by atoms with Crippen LogP contribution in [0.4, 0.5) is 11.4 Å². The summed E-state index contributed by atoms with van der Waals surface area (Å²) in [4.78, 5) is 11.8. The van der Waals surface area contributed by atoms with Gasteiger partial charge in [-0.1, -0.05) is 34.8 Å². The highest BCUT2D eigenvalue weighted by Gasteiger charge is 2.12. The number of ether oxygens (including phenoxy) is 1. The second kappa shape index (κ2) is 7.91. The van der Waals surface area contributed by atoms with E-state index in [9.17, 15) is 4.79 Å². The van der Waals surface area contributed by atoms with Crippen molar-refractivity contribution in [2.24, 2.45) is 0 Å². The van der Waals surface area contributed by atoms with Gasteiger partial charge in [0.05, 0.1) is 23.7 Å². The van der Waals surface area contributed by atoms with Gasteiger partial charge in [0.1, 0.15) is 0 Å². The highest BCUT2D eigenvalue weighted by molar-refractivity contribution is 6.37. The number of rotatable bonds is 5. The Bertz CT molecular complexity index is 732. The Morgan fingerprint density at radius 1 is 1.13 bits per heavy atom. The third kappa shape index (κ3) is 4.54. The Labute approximate surface area is 150 Å². The van der Waals surface area contributed by atoms with Crippen molar-refractivity contribution in [2.45, 2.75) is 20.3 Å². The summed E-state index contributed by atoms with van der Waals surface area (Å²) in [5, 5.41) is 4.91. The van der Waals surface area contributed by atoms with E-state index in [0.717, 1.165) is 16.8 Å². The van der Waals surface area contributed by atoms with Crippen molar-refractivity contribution >= 4 is 52.1 Å². The second-order valence-electron chi connectivity index (χ2n) is 4.94. The lowest BCUT2D eigenvalue weighted by Crippen LogP contribution is -2.09. The fourth-order valence-electron chi connectivity index (χ4n) is 2.10. The average Bonchev–Trinajstić information content (AvgIpc) is 2.50. The standard InChI is InChI=1S/C17H16Cl3NO2/c1-3-23-16(22)9-11-8-12(18)4-6-14(11)21-15-7-5-13(19)10(2)17(15)20/h4-8,21H,3,9H2,1-2H3. The van der Waals surface area contributed by atoms with Gasteiger partial charge < -0.3 is 10.1 Å². The summed E-state index contributed by atoms with van der Waals surface area (Å²) in [6.45, 7) is 3.95. The van der Waals surface area contributed by atoms with Gasteiger partial charge in [-0.15, -0.1) is 0 Å². The molecule has 3 nitrogen and oxygen atoms in total. The van der Waals surface area contributed by atoms with E-state index in [-0.39, 0.29) is 12.4 Å². The quantitative estimate of drug-likeness (QED) is 0.674. The summed E-state index contributed by atoms with van der Waals surface area (Å²) in [5.41, 5.74) is 2.98. The van der Waals surface area contributed by atoms with Gasteiger partial charge in [0.2, 0.25) is 0 Å². The van der Waals surface area contributed by atoms with E-state index in [1.807, 2.05) is 6.92 Å². The molecular formula is C17H16Cl3NO2. The molecule has 0 fully saturated rings. The summed E-state index contributed by atoms with van der Waals surface area (Å²) in [6, 6.07) is 8.84. The average molecular weight is 373 g/mol. The predicted molar refractivity (Wildman–Crippen MR) is 96.3 cm³/mol. The van der Waals surface area contributed by atoms with Gasteiger partial charge in [-0.3, -0.25) is 4.79 Å². The predicted octanol–water partition coefficient (Wildman–Crippen LogP) is 5.80. The third-order valence-corrected chi connectivity index (χ3v) is 4.43. The monoisotopic (exact) mass is 371 g/mol. The number of hydrogen-bond donors (Lipinski definition) is 1. The number of nitrogens with one attached hydrogen (secondary N) is 1. The Morgan fingerprint density at radius 3 is 2.52 bits per heavy atom. The molecule has 0 heterocycles. The lowest BCUT2D eigenvalue weighted by atomic mass is 10.1. The van der Waals surface area contributed by atoms with Crippen molar-refractivity contribution < 1.29 is 9.53 Å². The summed E-state index contributed by atoms with van der Waals surface area (Å²) >= 11 is 18.4. The van der Waals surface area contributed by atoms with Crippen LogP contribution in [0.15, 0.2) is 30.3 Å². The van der Waals surface area contributed by atoms with E-state index < -0.39 is 0 Å². The molecule has 0 saturated heterocycles. The fraction of sp³-hybridized carbons (Fsp3) is 0.235. The van der Waals surface area contributed by atoms with Gasteiger partial charge in [-0.05, 0) is 55.3 Å². The van der Waals surface area contributed by atoms with Crippen LogP contribution in [-0.2, 0) is 16.0 Å². The Kier molecular flexibility index (Phi) is 6.17. The van der Waals surface area contributed by atoms with Crippen molar-refractivity contribution in [3.05, 3.63) is 56.5 Å². The number of carbonyl (C=O) groups excluding carboxylic acids is 1. The van der Waals surface area contributed by atoms with Crippen LogP contribution in [0.3, 0.4) is 0 Å². The Morgan fingerprint density at radius 2 is 1.83 bits per heavy atom. The smallest absolute Gasteiger partial charge is 0.310 e. The summed E-state index contributed by atoms with van der Waals surface area (Å²) in [7, 11) is 0. The molecule has 0 aromatic heterocycles. The normalized spacial score (nSPS) is 10.5. The van der Waals surface area contributed by atoms with Gasteiger partial charge in [0.15, 0.2) is 0 Å². The van der Waals surface area contributed by atoms with Crippen molar-refractivity contribution in [1.82, 2.24) is 0 Å². The topological polar surface area (TPSA) is 38.3 Å². The highest BCUT2D eigenvalue weighted by Crippen LogP contribution is 2.34. The van der Waals surface area contributed by atoms with E-state index in [4.69, 9.17) is 39.5 Å². The van der Waals surface area contributed by atoms with Gasteiger partial charge in [-0.2, -0.15) is 0 Å². The van der Waals surface area contributed by atoms with Crippen LogP contribution in [0, 0.1) is 6.92 Å². The zero-order valence-electron chi connectivity index (χ0n) is 12.8. The molecule has 0 aliphatic carbocycles. The van der Waals surface area contributed by atoms with Crippen LogP contribution in [-0.4, -0.2) is 12.6 Å². The van der Waals surface area contributed by atoms with Gasteiger partial charge in [-0.25, -0.2) is 0 Å².